The van der Waals surface area contributed by atoms with E-state index < -0.39 is 23.2 Å². The maximum atomic E-state index is 12.8. The van der Waals surface area contributed by atoms with Gasteiger partial charge in [0, 0.05) is 12.1 Å². The monoisotopic (exact) mass is 307 g/mol. The van der Waals surface area contributed by atoms with Gasteiger partial charge in [-0.1, -0.05) is 33.3 Å². The Bertz CT molecular complexity index is 505. The number of ether oxygens (including phenoxy) is 1. The SMILES string of the molecule is C=CCN=C(CCC)C1C(=O)CC(C)(C)[C@H](C(=O)OC)C1=O. The number of esters is 1. The van der Waals surface area contributed by atoms with E-state index in [9.17, 15) is 14.4 Å². The quantitative estimate of drug-likeness (QED) is 0.327. The Hall–Kier alpha value is -1.78. The van der Waals surface area contributed by atoms with Crippen LogP contribution in [0.2, 0.25) is 0 Å². The maximum absolute atomic E-state index is 12.8. The van der Waals surface area contributed by atoms with E-state index in [1.54, 1.807) is 19.9 Å². The molecule has 0 spiro atoms. The molecule has 0 saturated heterocycles. The molecular formula is C17H25NO4. The van der Waals surface area contributed by atoms with Crippen LogP contribution in [0.1, 0.15) is 40.0 Å². The number of nitrogens with zero attached hydrogens (tertiary/aromatic N) is 1. The Morgan fingerprint density at radius 1 is 1.45 bits per heavy atom. The van der Waals surface area contributed by atoms with Gasteiger partial charge in [0.05, 0.1) is 13.7 Å². The Labute approximate surface area is 131 Å². The first kappa shape index (κ1) is 18.3. The molecule has 122 valence electrons. The standard InChI is InChI=1S/C17H25NO4/c1-6-8-11(18-9-7-2)13-12(19)10-17(3,4)14(15(13)20)16(21)22-5/h7,13-14H,2,6,8-10H2,1,3-5H3/t13?,14-/m0/s1. The summed E-state index contributed by atoms with van der Waals surface area (Å²) in [7, 11) is 1.26. The highest BCUT2D eigenvalue weighted by Gasteiger charge is 2.52. The normalized spacial score (nSPS) is 25.0. The summed E-state index contributed by atoms with van der Waals surface area (Å²) < 4.78 is 4.77. The Kier molecular flexibility index (Phi) is 6.21. The van der Waals surface area contributed by atoms with Crippen molar-refractivity contribution in [2.75, 3.05) is 13.7 Å². The molecule has 1 rings (SSSR count). The van der Waals surface area contributed by atoms with Crippen LogP contribution in [0.25, 0.3) is 0 Å². The number of hydrogen-bond acceptors (Lipinski definition) is 5. The van der Waals surface area contributed by atoms with E-state index in [1.165, 1.54) is 7.11 Å². The molecule has 0 aromatic carbocycles. The molecule has 0 radical (unpaired) electrons. The smallest absolute Gasteiger partial charge is 0.316 e. The minimum Gasteiger partial charge on any atom is -0.468 e. The molecule has 1 aliphatic rings. The van der Waals surface area contributed by atoms with Gasteiger partial charge in [-0.25, -0.2) is 0 Å². The average Bonchev–Trinajstić information content (AvgIpc) is 2.42. The molecule has 22 heavy (non-hydrogen) atoms. The number of carbonyl (C=O) groups excluding carboxylic acids is 3. The summed E-state index contributed by atoms with van der Waals surface area (Å²) in [5.41, 5.74) is -0.171. The van der Waals surface area contributed by atoms with E-state index in [1.807, 2.05) is 6.92 Å². The van der Waals surface area contributed by atoms with Crippen molar-refractivity contribution in [2.24, 2.45) is 22.2 Å². The number of Topliss-reactive ketones (excluding diaryl/α,β-unsaturated/α-hetero) is 2. The fraction of sp³-hybridized carbons (Fsp3) is 0.647. The average molecular weight is 307 g/mol. The molecule has 5 nitrogen and oxygen atoms in total. The fourth-order valence-corrected chi connectivity index (χ4v) is 3.02. The van der Waals surface area contributed by atoms with Crippen molar-refractivity contribution in [3.63, 3.8) is 0 Å². The van der Waals surface area contributed by atoms with Crippen LogP contribution in [0, 0.1) is 17.3 Å². The lowest BCUT2D eigenvalue weighted by atomic mass is 9.63. The van der Waals surface area contributed by atoms with Gasteiger partial charge >= 0.3 is 5.97 Å². The van der Waals surface area contributed by atoms with Gasteiger partial charge in [-0.3, -0.25) is 19.4 Å². The third-order valence-corrected chi connectivity index (χ3v) is 4.00. The van der Waals surface area contributed by atoms with Crippen LogP contribution in [0.3, 0.4) is 0 Å². The Balaban J connectivity index is 3.23. The molecule has 0 bridgehead atoms. The predicted molar refractivity (Wildman–Crippen MR) is 84.8 cm³/mol. The van der Waals surface area contributed by atoms with Gasteiger partial charge in [-0.15, -0.1) is 6.58 Å². The molecular weight excluding hydrogens is 282 g/mol. The molecule has 1 aliphatic carbocycles. The molecule has 2 atom stereocenters. The summed E-state index contributed by atoms with van der Waals surface area (Å²) >= 11 is 0. The minimum absolute atomic E-state index is 0.161. The Morgan fingerprint density at radius 2 is 2.09 bits per heavy atom. The van der Waals surface area contributed by atoms with E-state index >= 15 is 0 Å². The van der Waals surface area contributed by atoms with E-state index in [2.05, 4.69) is 11.6 Å². The first-order chi connectivity index (χ1) is 10.3. The summed E-state index contributed by atoms with van der Waals surface area (Å²) in [4.78, 5) is 41.6. The van der Waals surface area contributed by atoms with Crippen LogP contribution in [-0.2, 0) is 19.1 Å². The van der Waals surface area contributed by atoms with Gasteiger partial charge < -0.3 is 4.74 Å². The number of aliphatic imine (C=N–C) groups is 1. The minimum atomic E-state index is -0.925. The number of carbonyl (C=O) groups is 3. The van der Waals surface area contributed by atoms with Crippen molar-refractivity contribution in [1.29, 1.82) is 0 Å². The van der Waals surface area contributed by atoms with E-state index in [0.29, 0.717) is 18.7 Å². The molecule has 1 saturated carbocycles. The zero-order chi connectivity index (χ0) is 16.9. The second-order valence-corrected chi connectivity index (χ2v) is 6.29. The molecule has 0 amide bonds. The van der Waals surface area contributed by atoms with Crippen molar-refractivity contribution >= 4 is 23.2 Å². The second-order valence-electron chi connectivity index (χ2n) is 6.29. The lowest BCUT2D eigenvalue weighted by Gasteiger charge is -2.38. The summed E-state index contributed by atoms with van der Waals surface area (Å²) in [6.07, 6.45) is 3.12. The first-order valence-electron chi connectivity index (χ1n) is 7.58. The third kappa shape index (κ3) is 3.70. The molecule has 0 aromatic heterocycles. The number of rotatable bonds is 6. The molecule has 0 heterocycles. The summed E-state index contributed by atoms with van der Waals surface area (Å²) in [6.45, 7) is 9.43. The largest absolute Gasteiger partial charge is 0.468 e. The number of ketones is 2. The zero-order valence-electron chi connectivity index (χ0n) is 13.8. The number of methoxy groups -OCH3 is 1. The van der Waals surface area contributed by atoms with Crippen molar-refractivity contribution in [3.8, 4) is 0 Å². The summed E-state index contributed by atoms with van der Waals surface area (Å²) in [5, 5.41) is 0. The summed E-state index contributed by atoms with van der Waals surface area (Å²) in [5.74, 6) is -2.97. The maximum Gasteiger partial charge on any atom is 0.316 e. The lowest BCUT2D eigenvalue weighted by molar-refractivity contribution is -0.159. The molecule has 0 aromatic rings. The highest BCUT2D eigenvalue weighted by Crippen LogP contribution is 2.40. The van der Waals surface area contributed by atoms with E-state index in [0.717, 1.165) is 6.42 Å². The topological polar surface area (TPSA) is 72.8 Å². The van der Waals surface area contributed by atoms with Crippen molar-refractivity contribution in [1.82, 2.24) is 0 Å². The van der Waals surface area contributed by atoms with Crippen LogP contribution >= 0.6 is 0 Å². The van der Waals surface area contributed by atoms with Crippen molar-refractivity contribution in [2.45, 2.75) is 40.0 Å². The predicted octanol–water partition coefficient (Wildman–Crippen LogP) is 2.39. The van der Waals surface area contributed by atoms with Gasteiger partial charge in [0.15, 0.2) is 5.78 Å². The van der Waals surface area contributed by atoms with Crippen LogP contribution in [0.4, 0.5) is 0 Å². The fourth-order valence-electron chi connectivity index (χ4n) is 3.02. The van der Waals surface area contributed by atoms with Gasteiger partial charge in [-0.05, 0) is 11.8 Å². The molecule has 0 N–H and O–H groups in total. The van der Waals surface area contributed by atoms with Crippen LogP contribution in [0.5, 0.6) is 0 Å². The highest BCUT2D eigenvalue weighted by molar-refractivity contribution is 6.26. The van der Waals surface area contributed by atoms with Crippen LogP contribution in [-0.4, -0.2) is 36.9 Å². The first-order valence-corrected chi connectivity index (χ1v) is 7.58. The van der Waals surface area contributed by atoms with Gasteiger partial charge in [-0.2, -0.15) is 0 Å². The molecule has 1 unspecified atom stereocenters. The van der Waals surface area contributed by atoms with Gasteiger partial charge in [0.25, 0.3) is 0 Å². The summed E-state index contributed by atoms with van der Waals surface area (Å²) in [6, 6.07) is 0. The number of hydrogen-bond donors (Lipinski definition) is 0. The van der Waals surface area contributed by atoms with E-state index in [-0.39, 0.29) is 18.0 Å². The van der Waals surface area contributed by atoms with Crippen molar-refractivity contribution in [3.05, 3.63) is 12.7 Å². The molecule has 1 fully saturated rings. The molecule has 0 aliphatic heterocycles. The highest BCUT2D eigenvalue weighted by atomic mass is 16.5. The van der Waals surface area contributed by atoms with Gasteiger partial charge in [0.1, 0.15) is 17.6 Å². The zero-order valence-corrected chi connectivity index (χ0v) is 13.8. The molecule has 5 heteroatoms. The van der Waals surface area contributed by atoms with Gasteiger partial charge in [0.2, 0.25) is 0 Å². The third-order valence-electron chi connectivity index (χ3n) is 4.00. The lowest BCUT2D eigenvalue weighted by Crippen LogP contribution is -2.52. The van der Waals surface area contributed by atoms with Crippen LogP contribution < -0.4 is 0 Å². The van der Waals surface area contributed by atoms with E-state index in [4.69, 9.17) is 4.74 Å². The van der Waals surface area contributed by atoms with Crippen molar-refractivity contribution < 1.29 is 19.1 Å². The second kappa shape index (κ2) is 7.47. The van der Waals surface area contributed by atoms with Crippen LogP contribution in [0.15, 0.2) is 17.6 Å². The Morgan fingerprint density at radius 3 is 2.59 bits per heavy atom.